The molecular formula is C27H22N4O2S. The standard InChI is InChI=1S/C27H22N4O2S/c1-19-7-9-20(10-8-19)24-17-25-27(28-15-16-31(25)30-24)34-18-26(32)29-21-11-13-23(14-12-21)33-22-5-3-2-4-6-22/h2-17H,18H2,1H3,(H,29,32). The lowest BCUT2D eigenvalue weighted by molar-refractivity contribution is -0.113. The number of para-hydroxylation sites is 1. The summed E-state index contributed by atoms with van der Waals surface area (Å²) in [5.74, 6) is 1.60. The summed E-state index contributed by atoms with van der Waals surface area (Å²) in [6.45, 7) is 2.06. The monoisotopic (exact) mass is 466 g/mol. The van der Waals surface area contributed by atoms with Crippen LogP contribution in [0.1, 0.15) is 5.56 Å². The van der Waals surface area contributed by atoms with E-state index in [1.807, 2.05) is 66.9 Å². The van der Waals surface area contributed by atoms with Crippen LogP contribution in [0.5, 0.6) is 11.5 Å². The summed E-state index contributed by atoms with van der Waals surface area (Å²) in [5.41, 5.74) is 4.70. The number of ether oxygens (including phenoxy) is 1. The molecule has 7 heteroatoms. The summed E-state index contributed by atoms with van der Waals surface area (Å²) in [6, 6.07) is 27.1. The molecule has 2 aromatic heterocycles. The van der Waals surface area contributed by atoms with Crippen molar-refractivity contribution in [3.05, 3.63) is 103 Å². The van der Waals surface area contributed by atoms with Crippen LogP contribution in [-0.4, -0.2) is 26.3 Å². The number of amides is 1. The number of nitrogens with zero attached hydrogens (tertiary/aromatic N) is 3. The van der Waals surface area contributed by atoms with Gasteiger partial charge in [0.05, 0.1) is 17.0 Å². The molecule has 0 aliphatic heterocycles. The summed E-state index contributed by atoms with van der Waals surface area (Å²) in [6.07, 6.45) is 3.51. The second kappa shape index (κ2) is 9.80. The van der Waals surface area contributed by atoms with Crippen LogP contribution < -0.4 is 10.1 Å². The number of anilines is 1. The van der Waals surface area contributed by atoms with E-state index in [2.05, 4.69) is 46.6 Å². The first-order chi connectivity index (χ1) is 16.6. The number of aryl methyl sites for hydroxylation is 1. The Bertz CT molecular complexity index is 1420. The molecule has 1 N–H and O–H groups in total. The van der Waals surface area contributed by atoms with Crippen molar-refractivity contribution in [1.82, 2.24) is 14.6 Å². The first-order valence-electron chi connectivity index (χ1n) is 10.8. The Morgan fingerprint density at radius 3 is 2.47 bits per heavy atom. The number of fused-ring (bicyclic) bond motifs is 1. The van der Waals surface area contributed by atoms with Gasteiger partial charge in [0.25, 0.3) is 0 Å². The third-order valence-electron chi connectivity index (χ3n) is 5.16. The molecule has 3 aromatic carbocycles. The third kappa shape index (κ3) is 5.10. The molecule has 0 saturated heterocycles. The van der Waals surface area contributed by atoms with Crippen LogP contribution in [0.3, 0.4) is 0 Å². The van der Waals surface area contributed by atoms with Gasteiger partial charge in [0, 0.05) is 23.6 Å². The third-order valence-corrected chi connectivity index (χ3v) is 6.15. The minimum atomic E-state index is -0.108. The quantitative estimate of drug-likeness (QED) is 0.288. The van der Waals surface area contributed by atoms with Crippen molar-refractivity contribution in [3.63, 3.8) is 0 Å². The molecule has 5 aromatic rings. The second-order valence-electron chi connectivity index (χ2n) is 7.73. The van der Waals surface area contributed by atoms with Crippen molar-refractivity contribution in [2.24, 2.45) is 0 Å². The molecule has 0 atom stereocenters. The molecule has 168 valence electrons. The number of carbonyl (C=O) groups is 1. The first-order valence-corrected chi connectivity index (χ1v) is 11.8. The van der Waals surface area contributed by atoms with Gasteiger partial charge in [-0.15, -0.1) is 0 Å². The lowest BCUT2D eigenvalue weighted by atomic mass is 10.1. The number of hydrogen-bond acceptors (Lipinski definition) is 5. The Labute approximate surface area is 201 Å². The number of thioether (sulfide) groups is 1. The maximum Gasteiger partial charge on any atom is 0.234 e. The number of nitrogens with one attached hydrogen (secondary N) is 1. The van der Waals surface area contributed by atoms with Crippen LogP contribution in [0.2, 0.25) is 0 Å². The first kappa shape index (κ1) is 21.7. The van der Waals surface area contributed by atoms with Gasteiger partial charge >= 0.3 is 0 Å². The van der Waals surface area contributed by atoms with Crippen molar-refractivity contribution in [3.8, 4) is 22.8 Å². The van der Waals surface area contributed by atoms with Crippen LogP contribution in [-0.2, 0) is 4.79 Å². The summed E-state index contributed by atoms with van der Waals surface area (Å²) in [4.78, 5) is 17.0. The van der Waals surface area contributed by atoms with Gasteiger partial charge in [-0.3, -0.25) is 4.79 Å². The predicted octanol–water partition coefficient (Wildman–Crippen LogP) is 6.23. The largest absolute Gasteiger partial charge is 0.457 e. The molecule has 5 rings (SSSR count). The molecule has 34 heavy (non-hydrogen) atoms. The predicted molar refractivity (Wildman–Crippen MR) is 135 cm³/mol. The van der Waals surface area contributed by atoms with Crippen molar-refractivity contribution in [2.45, 2.75) is 11.9 Å². The van der Waals surface area contributed by atoms with E-state index in [1.165, 1.54) is 17.3 Å². The number of hydrogen-bond donors (Lipinski definition) is 1. The molecule has 0 radical (unpaired) electrons. The Morgan fingerprint density at radius 2 is 1.71 bits per heavy atom. The minimum Gasteiger partial charge on any atom is -0.457 e. The lowest BCUT2D eigenvalue weighted by Gasteiger charge is -2.08. The molecule has 0 bridgehead atoms. The maximum absolute atomic E-state index is 12.5. The number of aromatic nitrogens is 3. The second-order valence-corrected chi connectivity index (χ2v) is 8.70. The van der Waals surface area contributed by atoms with E-state index < -0.39 is 0 Å². The molecule has 0 unspecified atom stereocenters. The molecular weight excluding hydrogens is 444 g/mol. The Kier molecular flexibility index (Phi) is 6.27. The van der Waals surface area contributed by atoms with Gasteiger partial charge in [0.1, 0.15) is 16.5 Å². The fourth-order valence-electron chi connectivity index (χ4n) is 3.44. The highest BCUT2D eigenvalue weighted by Gasteiger charge is 2.12. The van der Waals surface area contributed by atoms with Gasteiger partial charge in [-0.05, 0) is 49.4 Å². The zero-order valence-corrected chi connectivity index (χ0v) is 19.3. The Morgan fingerprint density at radius 1 is 0.971 bits per heavy atom. The highest BCUT2D eigenvalue weighted by atomic mass is 32.2. The summed E-state index contributed by atoms with van der Waals surface area (Å²) in [5, 5.41) is 8.34. The fraction of sp³-hybridized carbons (Fsp3) is 0.0741. The van der Waals surface area contributed by atoms with Crippen LogP contribution in [0.15, 0.2) is 102 Å². The number of rotatable bonds is 7. The van der Waals surface area contributed by atoms with Gasteiger partial charge in [0.15, 0.2) is 0 Å². The molecule has 0 aliphatic carbocycles. The average Bonchev–Trinajstić information content (AvgIpc) is 3.30. The fourth-order valence-corrected chi connectivity index (χ4v) is 4.21. The maximum atomic E-state index is 12.5. The minimum absolute atomic E-state index is 0.108. The lowest BCUT2D eigenvalue weighted by Crippen LogP contribution is -2.14. The van der Waals surface area contributed by atoms with E-state index in [0.717, 1.165) is 27.5 Å². The zero-order chi connectivity index (χ0) is 23.3. The highest BCUT2D eigenvalue weighted by molar-refractivity contribution is 8.00. The zero-order valence-electron chi connectivity index (χ0n) is 18.5. The van der Waals surface area contributed by atoms with Gasteiger partial charge in [0.2, 0.25) is 5.91 Å². The van der Waals surface area contributed by atoms with E-state index in [-0.39, 0.29) is 11.7 Å². The van der Waals surface area contributed by atoms with E-state index in [4.69, 9.17) is 4.74 Å². The summed E-state index contributed by atoms with van der Waals surface area (Å²) in [7, 11) is 0. The Hall–Kier alpha value is -4.10. The molecule has 1 amide bonds. The topological polar surface area (TPSA) is 68.5 Å². The van der Waals surface area contributed by atoms with Crippen molar-refractivity contribution in [2.75, 3.05) is 11.1 Å². The van der Waals surface area contributed by atoms with Crippen molar-refractivity contribution in [1.29, 1.82) is 0 Å². The van der Waals surface area contributed by atoms with Crippen LogP contribution in [0.25, 0.3) is 16.8 Å². The SMILES string of the molecule is Cc1ccc(-c2cc3c(SCC(=O)Nc4ccc(Oc5ccccc5)cc4)nccn3n2)cc1. The molecule has 0 aliphatic rings. The molecule has 0 fully saturated rings. The van der Waals surface area contributed by atoms with Crippen LogP contribution >= 0.6 is 11.8 Å². The number of carbonyl (C=O) groups excluding carboxylic acids is 1. The van der Waals surface area contributed by atoms with Gasteiger partial charge in [-0.1, -0.05) is 59.8 Å². The molecule has 0 saturated carbocycles. The Balaban J connectivity index is 1.22. The highest BCUT2D eigenvalue weighted by Crippen LogP contribution is 2.27. The van der Waals surface area contributed by atoms with Crippen molar-refractivity contribution < 1.29 is 9.53 Å². The average molecular weight is 467 g/mol. The van der Waals surface area contributed by atoms with Gasteiger partial charge in [-0.25, -0.2) is 9.50 Å². The van der Waals surface area contributed by atoms with Gasteiger partial charge in [-0.2, -0.15) is 5.10 Å². The smallest absolute Gasteiger partial charge is 0.234 e. The van der Waals surface area contributed by atoms with E-state index >= 15 is 0 Å². The van der Waals surface area contributed by atoms with Crippen LogP contribution in [0.4, 0.5) is 5.69 Å². The van der Waals surface area contributed by atoms with Crippen molar-refractivity contribution >= 4 is 28.9 Å². The summed E-state index contributed by atoms with van der Waals surface area (Å²) >= 11 is 1.38. The van der Waals surface area contributed by atoms with E-state index in [0.29, 0.717) is 11.4 Å². The van der Waals surface area contributed by atoms with Gasteiger partial charge < -0.3 is 10.1 Å². The summed E-state index contributed by atoms with van der Waals surface area (Å²) < 4.78 is 7.59. The van der Waals surface area contributed by atoms with E-state index in [1.54, 1.807) is 10.7 Å². The molecule has 0 spiro atoms. The van der Waals surface area contributed by atoms with Crippen LogP contribution in [0, 0.1) is 6.92 Å². The normalized spacial score (nSPS) is 10.9. The van der Waals surface area contributed by atoms with E-state index in [9.17, 15) is 4.79 Å². The molecule has 2 heterocycles. The number of benzene rings is 3. The molecule has 6 nitrogen and oxygen atoms in total.